The Morgan fingerprint density at radius 1 is 1.14 bits per heavy atom. The highest BCUT2D eigenvalue weighted by Crippen LogP contribution is 2.38. The largest absolute Gasteiger partial charge is 0.392 e. The second-order valence-electron chi connectivity index (χ2n) is 6.03. The molecule has 0 radical (unpaired) electrons. The number of aliphatic hydroxyl groups excluding tert-OH is 1. The van der Waals surface area contributed by atoms with Crippen LogP contribution in [-0.4, -0.2) is 23.3 Å². The minimum atomic E-state index is -0.568. The van der Waals surface area contributed by atoms with Gasteiger partial charge in [-0.15, -0.1) is 0 Å². The van der Waals surface area contributed by atoms with E-state index in [2.05, 4.69) is 0 Å². The molecule has 0 bridgehead atoms. The molecule has 3 nitrogen and oxygen atoms in total. The normalized spacial score (nSPS) is 18.3. The van der Waals surface area contributed by atoms with Crippen molar-refractivity contribution < 1.29 is 14.7 Å². The first kappa shape index (κ1) is 17.3. The summed E-state index contributed by atoms with van der Waals surface area (Å²) < 4.78 is 0. The van der Waals surface area contributed by atoms with Crippen molar-refractivity contribution in [3.63, 3.8) is 0 Å². The molecule has 0 aromatic heterocycles. The molecule has 0 heterocycles. The van der Waals surface area contributed by atoms with Gasteiger partial charge in [0.2, 0.25) is 0 Å². The van der Waals surface area contributed by atoms with Gasteiger partial charge in [0.1, 0.15) is 0 Å². The summed E-state index contributed by atoms with van der Waals surface area (Å²) in [7, 11) is 0. The maximum Gasteiger partial charge on any atom is 0.188 e. The number of hydrogen-bond acceptors (Lipinski definition) is 3. The molecule has 114 valence electrons. The fourth-order valence-corrected chi connectivity index (χ4v) is 2.94. The van der Waals surface area contributed by atoms with E-state index in [1.807, 2.05) is 45.9 Å². The second kappa shape index (κ2) is 6.35. The predicted octanol–water partition coefficient (Wildman–Crippen LogP) is 3.31. The van der Waals surface area contributed by atoms with E-state index in [1.165, 1.54) is 0 Å². The predicted molar refractivity (Wildman–Crippen MR) is 84.9 cm³/mol. The standard InChI is InChI=1S/C18H24O3/c1-7-8-11(2)9-18(5,6)15-13(4)16(20)12(3)14(10-19)17(15)21/h7-9,19H,10H2,1-6H3/b8-7-,11-9+. The van der Waals surface area contributed by atoms with E-state index >= 15 is 0 Å². The molecule has 0 aliphatic heterocycles. The molecular formula is C18H24O3. The Morgan fingerprint density at radius 3 is 2.19 bits per heavy atom. The van der Waals surface area contributed by atoms with Gasteiger partial charge in [-0.25, -0.2) is 0 Å². The Morgan fingerprint density at radius 2 is 1.71 bits per heavy atom. The molecule has 0 saturated heterocycles. The molecule has 21 heavy (non-hydrogen) atoms. The lowest BCUT2D eigenvalue weighted by atomic mass is 9.72. The average Bonchev–Trinajstić information content (AvgIpc) is 2.36. The van der Waals surface area contributed by atoms with Gasteiger partial charge in [0.05, 0.1) is 6.61 Å². The van der Waals surface area contributed by atoms with Crippen LogP contribution in [0.15, 0.2) is 46.1 Å². The van der Waals surface area contributed by atoms with Crippen LogP contribution in [0.4, 0.5) is 0 Å². The lowest BCUT2D eigenvalue weighted by Crippen LogP contribution is -2.31. The minimum absolute atomic E-state index is 0.154. The molecule has 0 aromatic rings. The maximum atomic E-state index is 12.6. The summed E-state index contributed by atoms with van der Waals surface area (Å²) in [5, 5.41) is 9.41. The molecule has 1 rings (SSSR count). The topological polar surface area (TPSA) is 54.4 Å². The number of carbonyl (C=O) groups excluding carboxylic acids is 2. The lowest BCUT2D eigenvalue weighted by molar-refractivity contribution is -0.117. The molecular weight excluding hydrogens is 264 g/mol. The van der Waals surface area contributed by atoms with Gasteiger partial charge in [0.25, 0.3) is 0 Å². The zero-order valence-electron chi connectivity index (χ0n) is 13.7. The first-order chi connectivity index (χ1) is 9.67. The Bertz CT molecular complexity index is 596. The third kappa shape index (κ3) is 3.30. The second-order valence-corrected chi connectivity index (χ2v) is 6.03. The molecule has 1 N–H and O–H groups in total. The monoisotopic (exact) mass is 288 g/mol. The summed E-state index contributed by atoms with van der Waals surface area (Å²) in [5.74, 6) is -0.375. The van der Waals surface area contributed by atoms with E-state index < -0.39 is 12.0 Å². The number of rotatable bonds is 4. The minimum Gasteiger partial charge on any atom is -0.392 e. The van der Waals surface area contributed by atoms with Crippen molar-refractivity contribution in [2.45, 2.75) is 41.5 Å². The van der Waals surface area contributed by atoms with Crippen molar-refractivity contribution in [3.8, 4) is 0 Å². The van der Waals surface area contributed by atoms with Crippen LogP contribution in [0.1, 0.15) is 41.5 Å². The van der Waals surface area contributed by atoms with E-state index in [9.17, 15) is 14.7 Å². The van der Waals surface area contributed by atoms with E-state index in [-0.39, 0.29) is 17.1 Å². The summed E-state index contributed by atoms with van der Waals surface area (Å²) in [6.07, 6.45) is 5.87. The van der Waals surface area contributed by atoms with Gasteiger partial charge in [-0.05, 0) is 27.7 Å². The van der Waals surface area contributed by atoms with Crippen LogP contribution in [0.25, 0.3) is 0 Å². The third-order valence-electron chi connectivity index (χ3n) is 3.83. The van der Waals surface area contributed by atoms with Gasteiger partial charge in [-0.1, -0.05) is 37.6 Å². The van der Waals surface area contributed by atoms with Crippen LogP contribution in [0.5, 0.6) is 0 Å². The maximum absolute atomic E-state index is 12.6. The number of Topliss-reactive ketones (excluding diaryl/α,β-unsaturated/α-hetero) is 2. The number of hydrogen-bond donors (Lipinski definition) is 1. The number of allylic oxidation sites excluding steroid dienone is 7. The Balaban J connectivity index is 3.44. The van der Waals surface area contributed by atoms with E-state index in [4.69, 9.17) is 0 Å². The highest BCUT2D eigenvalue weighted by molar-refractivity contribution is 6.25. The van der Waals surface area contributed by atoms with Gasteiger partial charge in [0, 0.05) is 27.7 Å². The number of carbonyl (C=O) groups is 2. The lowest BCUT2D eigenvalue weighted by Gasteiger charge is -2.30. The molecule has 3 heteroatoms. The summed E-state index contributed by atoms with van der Waals surface area (Å²) in [5.41, 5.74) is 1.98. The molecule has 0 spiro atoms. The summed E-state index contributed by atoms with van der Waals surface area (Å²) in [6.45, 7) is 10.6. The quantitative estimate of drug-likeness (QED) is 0.638. The zero-order chi connectivity index (χ0) is 16.4. The van der Waals surface area contributed by atoms with Gasteiger partial charge in [-0.3, -0.25) is 9.59 Å². The number of aliphatic hydroxyl groups is 1. The third-order valence-corrected chi connectivity index (χ3v) is 3.83. The van der Waals surface area contributed by atoms with Gasteiger partial charge in [-0.2, -0.15) is 0 Å². The van der Waals surface area contributed by atoms with E-state index in [0.717, 1.165) is 5.57 Å². The summed E-state index contributed by atoms with van der Waals surface area (Å²) >= 11 is 0. The summed E-state index contributed by atoms with van der Waals surface area (Å²) in [6, 6.07) is 0. The van der Waals surface area contributed by atoms with Crippen LogP contribution in [0.2, 0.25) is 0 Å². The fraction of sp³-hybridized carbons (Fsp3) is 0.444. The highest BCUT2D eigenvalue weighted by Gasteiger charge is 2.37. The van der Waals surface area contributed by atoms with Gasteiger partial charge >= 0.3 is 0 Å². The first-order valence-electron chi connectivity index (χ1n) is 7.10. The molecule has 0 saturated carbocycles. The van der Waals surface area contributed by atoms with Crippen molar-refractivity contribution in [1.29, 1.82) is 0 Å². The zero-order valence-corrected chi connectivity index (χ0v) is 13.7. The van der Waals surface area contributed by atoms with Crippen LogP contribution >= 0.6 is 0 Å². The molecule has 1 aliphatic rings. The molecule has 0 atom stereocenters. The van der Waals surface area contributed by atoms with Crippen LogP contribution < -0.4 is 0 Å². The molecule has 0 fully saturated rings. The average molecular weight is 288 g/mol. The molecule has 0 unspecified atom stereocenters. The van der Waals surface area contributed by atoms with Crippen LogP contribution in [0.3, 0.4) is 0 Å². The van der Waals surface area contributed by atoms with Crippen molar-refractivity contribution in [2.24, 2.45) is 5.41 Å². The Kier molecular flexibility index (Phi) is 5.24. The van der Waals surface area contributed by atoms with Crippen LogP contribution in [0, 0.1) is 5.41 Å². The van der Waals surface area contributed by atoms with Crippen molar-refractivity contribution in [1.82, 2.24) is 0 Å². The van der Waals surface area contributed by atoms with E-state index in [1.54, 1.807) is 13.8 Å². The molecule has 0 amide bonds. The van der Waals surface area contributed by atoms with E-state index in [0.29, 0.717) is 16.7 Å². The Labute approximate surface area is 126 Å². The van der Waals surface area contributed by atoms with Gasteiger partial charge < -0.3 is 5.11 Å². The van der Waals surface area contributed by atoms with Crippen molar-refractivity contribution in [2.75, 3.05) is 6.61 Å². The first-order valence-corrected chi connectivity index (χ1v) is 7.10. The highest BCUT2D eigenvalue weighted by atomic mass is 16.3. The molecule has 1 aliphatic carbocycles. The van der Waals surface area contributed by atoms with Crippen molar-refractivity contribution >= 4 is 11.6 Å². The van der Waals surface area contributed by atoms with Gasteiger partial charge in [0.15, 0.2) is 11.6 Å². The SMILES string of the molecule is C/C=C\C(C)=C\C(C)(C)C1=C(C)C(=O)C(C)=C(CO)C1=O. The van der Waals surface area contributed by atoms with Crippen LogP contribution in [-0.2, 0) is 9.59 Å². The van der Waals surface area contributed by atoms with Crippen molar-refractivity contribution in [3.05, 3.63) is 46.1 Å². The molecule has 0 aromatic carbocycles. The number of ketones is 2. The fourth-order valence-electron chi connectivity index (χ4n) is 2.94. The smallest absolute Gasteiger partial charge is 0.188 e. The summed E-state index contributed by atoms with van der Waals surface area (Å²) in [4.78, 5) is 24.9. The Hall–Kier alpha value is -1.74.